The Bertz CT molecular complexity index is 994. The van der Waals surface area contributed by atoms with Crippen LogP contribution in [0.15, 0.2) is 76.0 Å². The Morgan fingerprint density at radius 1 is 1.13 bits per heavy atom. The van der Waals surface area contributed by atoms with Crippen LogP contribution < -0.4 is 11.1 Å². The lowest BCUT2D eigenvalue weighted by atomic mass is 10.0. The molecule has 0 aliphatic rings. The molecule has 3 N–H and O–H groups in total. The molecule has 30 heavy (non-hydrogen) atoms. The van der Waals surface area contributed by atoms with Crippen LogP contribution in [0.25, 0.3) is 10.6 Å². The Labute approximate surface area is 183 Å². The molecule has 2 rings (SSSR count). The molecule has 0 aromatic carbocycles. The molecule has 5 nitrogen and oxygen atoms in total. The lowest BCUT2D eigenvalue weighted by Crippen LogP contribution is -2.19. The van der Waals surface area contributed by atoms with Crippen LogP contribution in [-0.2, 0) is 4.79 Å². The fraction of sp³-hybridized carbons (Fsp3) is 0.292. The molecule has 0 amide bonds. The number of allylic oxidation sites excluding steroid dienone is 7. The maximum absolute atomic E-state index is 12.9. The number of anilines is 1. The summed E-state index contributed by atoms with van der Waals surface area (Å²) in [5.74, 6) is 0.378. The largest absolute Gasteiger partial charge is 0.402 e. The quantitative estimate of drug-likeness (QED) is 0.402. The molecule has 0 spiro atoms. The van der Waals surface area contributed by atoms with Crippen LogP contribution in [0.4, 0.5) is 5.95 Å². The van der Waals surface area contributed by atoms with E-state index in [1.807, 2.05) is 49.6 Å². The molecule has 0 aliphatic heterocycles. The Morgan fingerprint density at radius 3 is 2.50 bits per heavy atom. The topological polar surface area (TPSA) is 80.9 Å². The minimum absolute atomic E-state index is 0.0851. The van der Waals surface area contributed by atoms with Crippen LogP contribution in [0.1, 0.15) is 41.0 Å². The average Bonchev–Trinajstić information content (AvgIpc) is 3.26. The number of hydrogen-bond donors (Lipinski definition) is 2. The second kappa shape index (κ2) is 11.3. The predicted molar refractivity (Wildman–Crippen MR) is 127 cm³/mol. The van der Waals surface area contributed by atoms with Crippen molar-refractivity contribution in [2.45, 2.75) is 41.0 Å². The van der Waals surface area contributed by atoms with Crippen LogP contribution >= 0.6 is 11.3 Å². The van der Waals surface area contributed by atoms with E-state index in [0.29, 0.717) is 22.8 Å². The number of carbonyl (C=O) groups is 1. The number of aromatic nitrogens is 2. The Balaban J connectivity index is 2.13. The summed E-state index contributed by atoms with van der Waals surface area (Å²) in [6.45, 7) is 10.0. The first-order valence-electron chi connectivity index (χ1n) is 9.96. The molecule has 2 aromatic heterocycles. The first kappa shape index (κ1) is 23.3. The van der Waals surface area contributed by atoms with Gasteiger partial charge in [0, 0.05) is 24.0 Å². The minimum atomic E-state index is -0.0851. The van der Waals surface area contributed by atoms with Gasteiger partial charge in [-0.2, -0.15) is 0 Å². The summed E-state index contributed by atoms with van der Waals surface area (Å²) in [5.41, 5.74) is 10.8. The average molecular weight is 423 g/mol. The number of thiophene rings is 1. The fourth-order valence-corrected chi connectivity index (χ4v) is 3.43. The third kappa shape index (κ3) is 6.52. The third-order valence-electron chi connectivity index (χ3n) is 4.68. The Kier molecular flexibility index (Phi) is 8.74. The number of nitrogens with two attached hydrogens (primary N) is 1. The zero-order valence-corrected chi connectivity index (χ0v) is 19.1. The van der Waals surface area contributed by atoms with Crippen LogP contribution in [0, 0.1) is 0 Å². The summed E-state index contributed by atoms with van der Waals surface area (Å²) in [7, 11) is 0. The minimum Gasteiger partial charge on any atom is -0.402 e. The highest BCUT2D eigenvalue weighted by Crippen LogP contribution is 2.23. The highest BCUT2D eigenvalue weighted by atomic mass is 32.1. The highest BCUT2D eigenvalue weighted by Gasteiger charge is 2.14. The maximum atomic E-state index is 12.9. The van der Waals surface area contributed by atoms with Gasteiger partial charge in [-0.15, -0.1) is 11.3 Å². The normalized spacial score (nSPS) is 13.8. The zero-order chi connectivity index (χ0) is 22.1. The van der Waals surface area contributed by atoms with Crippen molar-refractivity contribution < 1.29 is 4.79 Å². The van der Waals surface area contributed by atoms with Gasteiger partial charge in [0.05, 0.1) is 10.6 Å². The summed E-state index contributed by atoms with van der Waals surface area (Å²) >= 11 is 1.62. The van der Waals surface area contributed by atoms with Crippen LogP contribution in [0.3, 0.4) is 0 Å². The van der Waals surface area contributed by atoms with Gasteiger partial charge in [0.1, 0.15) is 0 Å². The number of carbonyl (C=O) groups excluding carboxylic acids is 1. The van der Waals surface area contributed by atoms with Gasteiger partial charge in [0.15, 0.2) is 5.78 Å². The first-order chi connectivity index (χ1) is 14.3. The fourth-order valence-electron chi connectivity index (χ4n) is 2.73. The number of Topliss-reactive ketones (excluding diaryl/α,β-unsaturated/α-hetero) is 1. The van der Waals surface area contributed by atoms with Gasteiger partial charge < -0.3 is 11.1 Å². The molecule has 0 atom stereocenters. The molecule has 6 heteroatoms. The van der Waals surface area contributed by atoms with Gasteiger partial charge in [-0.05, 0) is 62.8 Å². The summed E-state index contributed by atoms with van der Waals surface area (Å²) < 4.78 is 0. The van der Waals surface area contributed by atoms with Crippen molar-refractivity contribution in [3.8, 4) is 10.6 Å². The van der Waals surface area contributed by atoms with Gasteiger partial charge >= 0.3 is 0 Å². The molecular formula is C24H30N4OS. The molecule has 0 fully saturated rings. The van der Waals surface area contributed by atoms with Crippen LogP contribution in [0.5, 0.6) is 0 Å². The van der Waals surface area contributed by atoms with Crippen LogP contribution in [0.2, 0.25) is 0 Å². The van der Waals surface area contributed by atoms with E-state index in [1.54, 1.807) is 24.5 Å². The molecule has 0 radical (unpaired) electrons. The van der Waals surface area contributed by atoms with Gasteiger partial charge in [-0.25, -0.2) is 9.97 Å². The summed E-state index contributed by atoms with van der Waals surface area (Å²) in [6, 6.07) is 5.86. The SMILES string of the molecule is CC/C=C(C)/C(C)=C\C=C(/C)C(=O)/C(CNc1nccc(-c2cccs2)n1)=C(/C)N. The smallest absolute Gasteiger partial charge is 0.223 e. The number of hydrogen-bond acceptors (Lipinski definition) is 6. The van der Waals surface area contributed by atoms with E-state index in [4.69, 9.17) is 5.73 Å². The molecule has 0 aliphatic carbocycles. The molecular weight excluding hydrogens is 392 g/mol. The lowest BCUT2D eigenvalue weighted by Gasteiger charge is -2.11. The number of nitrogens with zero attached hydrogens (tertiary/aromatic N) is 2. The molecule has 0 saturated heterocycles. The summed E-state index contributed by atoms with van der Waals surface area (Å²) in [5, 5.41) is 5.14. The van der Waals surface area contributed by atoms with E-state index < -0.39 is 0 Å². The molecule has 2 aromatic rings. The van der Waals surface area contributed by atoms with E-state index in [-0.39, 0.29) is 12.3 Å². The van der Waals surface area contributed by atoms with Crippen molar-refractivity contribution in [1.29, 1.82) is 0 Å². The molecule has 2 heterocycles. The van der Waals surface area contributed by atoms with Gasteiger partial charge in [0.25, 0.3) is 0 Å². The van der Waals surface area contributed by atoms with Crippen LogP contribution in [-0.4, -0.2) is 22.3 Å². The van der Waals surface area contributed by atoms with E-state index in [1.165, 1.54) is 5.57 Å². The van der Waals surface area contributed by atoms with Crippen molar-refractivity contribution >= 4 is 23.1 Å². The van der Waals surface area contributed by atoms with E-state index in [0.717, 1.165) is 22.6 Å². The third-order valence-corrected chi connectivity index (χ3v) is 5.57. The van der Waals surface area contributed by atoms with E-state index in [9.17, 15) is 4.79 Å². The number of nitrogens with one attached hydrogen (secondary N) is 1. The van der Waals surface area contributed by atoms with Crippen molar-refractivity contribution in [1.82, 2.24) is 9.97 Å². The second-order valence-electron chi connectivity index (χ2n) is 7.08. The van der Waals surface area contributed by atoms with Crippen molar-refractivity contribution in [2.24, 2.45) is 5.73 Å². The first-order valence-corrected chi connectivity index (χ1v) is 10.8. The maximum Gasteiger partial charge on any atom is 0.223 e. The van der Waals surface area contributed by atoms with Gasteiger partial charge in [0.2, 0.25) is 5.95 Å². The van der Waals surface area contributed by atoms with Crippen molar-refractivity contribution in [3.63, 3.8) is 0 Å². The summed E-state index contributed by atoms with van der Waals surface area (Å²) in [6.07, 6.45) is 8.68. The zero-order valence-electron chi connectivity index (χ0n) is 18.3. The second-order valence-corrected chi connectivity index (χ2v) is 8.03. The molecule has 0 saturated carbocycles. The van der Waals surface area contributed by atoms with Gasteiger partial charge in [-0.1, -0.05) is 36.8 Å². The summed E-state index contributed by atoms with van der Waals surface area (Å²) in [4.78, 5) is 22.8. The molecule has 158 valence electrons. The van der Waals surface area contributed by atoms with E-state index in [2.05, 4.69) is 35.2 Å². The predicted octanol–water partition coefficient (Wildman–Crippen LogP) is 5.67. The monoisotopic (exact) mass is 422 g/mol. The number of rotatable bonds is 9. The van der Waals surface area contributed by atoms with Crippen molar-refractivity contribution in [2.75, 3.05) is 11.9 Å². The molecule has 0 bridgehead atoms. The lowest BCUT2D eigenvalue weighted by molar-refractivity contribution is -0.112. The number of ketones is 1. The van der Waals surface area contributed by atoms with E-state index >= 15 is 0 Å². The molecule has 0 unspecified atom stereocenters. The van der Waals surface area contributed by atoms with Gasteiger partial charge in [-0.3, -0.25) is 4.79 Å². The van der Waals surface area contributed by atoms with Crippen molar-refractivity contribution in [3.05, 3.63) is 76.0 Å². The Morgan fingerprint density at radius 2 is 1.87 bits per heavy atom. The highest BCUT2D eigenvalue weighted by molar-refractivity contribution is 7.13. The Hall–Kier alpha value is -2.99. The standard InChI is InChI=1S/C24H30N4OS/c1-6-8-16(2)17(3)10-11-18(4)23(29)20(19(5)25)15-27-24-26-13-12-21(28-24)22-9-7-14-30-22/h7-14H,6,15,25H2,1-5H3,(H,26,27,28)/b16-8+,17-10-,18-11+,20-19-.